The second-order valence-electron chi connectivity index (χ2n) is 5.53. The second-order valence-corrected chi connectivity index (χ2v) is 7.23. The van der Waals surface area contributed by atoms with Gasteiger partial charge in [0.25, 0.3) is 10.2 Å². The maximum absolute atomic E-state index is 12.2. The van der Waals surface area contributed by atoms with E-state index in [9.17, 15) is 13.2 Å². The first-order chi connectivity index (χ1) is 9.36. The highest BCUT2D eigenvalue weighted by molar-refractivity contribution is 7.87. The molecule has 20 heavy (non-hydrogen) atoms. The average Bonchev–Trinajstić information content (AvgIpc) is 2.38. The number of rotatable bonds is 8. The van der Waals surface area contributed by atoms with Gasteiger partial charge in [0.2, 0.25) is 0 Å². The maximum Gasteiger partial charge on any atom is 0.306 e. The zero-order chi connectivity index (χ0) is 15.2. The van der Waals surface area contributed by atoms with Gasteiger partial charge >= 0.3 is 5.97 Å². The highest BCUT2D eigenvalue weighted by atomic mass is 32.2. The molecule has 118 valence electrons. The molecule has 1 atom stereocenters. The van der Waals surface area contributed by atoms with Gasteiger partial charge in [-0.25, -0.2) is 0 Å². The normalized spacial score (nSPS) is 19.9. The summed E-state index contributed by atoms with van der Waals surface area (Å²) in [6, 6.07) is -0.0799. The van der Waals surface area contributed by atoms with Gasteiger partial charge in [-0.05, 0) is 26.2 Å². The summed E-state index contributed by atoms with van der Waals surface area (Å²) in [4.78, 5) is 10.9. The van der Waals surface area contributed by atoms with Crippen LogP contribution in [0.15, 0.2) is 0 Å². The summed E-state index contributed by atoms with van der Waals surface area (Å²) in [6.45, 7) is 4.56. The molecule has 0 amide bonds. The van der Waals surface area contributed by atoms with Crippen LogP contribution in [0.1, 0.15) is 52.4 Å². The highest BCUT2D eigenvalue weighted by Crippen LogP contribution is 2.19. The van der Waals surface area contributed by atoms with Crippen LogP contribution < -0.4 is 4.72 Å². The number of hydrogen-bond donors (Lipinski definition) is 2. The van der Waals surface area contributed by atoms with E-state index in [-0.39, 0.29) is 19.1 Å². The van der Waals surface area contributed by atoms with E-state index in [0.29, 0.717) is 12.8 Å². The van der Waals surface area contributed by atoms with Crippen molar-refractivity contribution in [1.82, 2.24) is 9.03 Å². The Morgan fingerprint density at radius 3 is 2.45 bits per heavy atom. The molecule has 0 aliphatic carbocycles. The molecule has 1 aliphatic rings. The van der Waals surface area contributed by atoms with Crippen molar-refractivity contribution in [3.8, 4) is 0 Å². The summed E-state index contributed by atoms with van der Waals surface area (Å²) in [5.41, 5.74) is 0. The molecule has 2 N–H and O–H groups in total. The van der Waals surface area contributed by atoms with Crippen molar-refractivity contribution in [3.05, 3.63) is 0 Å². The minimum atomic E-state index is -3.48. The fourth-order valence-corrected chi connectivity index (χ4v) is 3.90. The Labute approximate surface area is 121 Å². The maximum atomic E-state index is 12.2. The van der Waals surface area contributed by atoms with Crippen molar-refractivity contribution < 1.29 is 18.3 Å². The number of piperidine rings is 1. The fraction of sp³-hybridized carbons (Fsp3) is 0.923. The van der Waals surface area contributed by atoms with Crippen molar-refractivity contribution in [2.24, 2.45) is 5.92 Å². The first kappa shape index (κ1) is 17.4. The van der Waals surface area contributed by atoms with Crippen molar-refractivity contribution in [3.63, 3.8) is 0 Å². The lowest BCUT2D eigenvalue weighted by Gasteiger charge is -2.30. The summed E-state index contributed by atoms with van der Waals surface area (Å²) in [7, 11) is -3.48. The Bertz CT molecular complexity index is 403. The predicted molar refractivity (Wildman–Crippen MR) is 77.6 cm³/mol. The van der Waals surface area contributed by atoms with Crippen LogP contribution in [0, 0.1) is 5.92 Å². The van der Waals surface area contributed by atoms with E-state index in [4.69, 9.17) is 5.11 Å². The van der Waals surface area contributed by atoms with E-state index >= 15 is 0 Å². The number of carboxylic acid groups (broad SMARTS) is 1. The third-order valence-electron chi connectivity index (χ3n) is 3.73. The predicted octanol–water partition coefficient (Wildman–Crippen LogP) is 1.59. The van der Waals surface area contributed by atoms with Crippen molar-refractivity contribution in [1.29, 1.82) is 0 Å². The van der Waals surface area contributed by atoms with E-state index in [1.165, 1.54) is 4.31 Å². The summed E-state index contributed by atoms with van der Waals surface area (Å²) < 4.78 is 28.4. The smallest absolute Gasteiger partial charge is 0.306 e. The minimum Gasteiger partial charge on any atom is -0.481 e. The summed E-state index contributed by atoms with van der Waals surface area (Å²) >= 11 is 0. The summed E-state index contributed by atoms with van der Waals surface area (Å²) in [6.07, 6.45) is 4.85. The van der Waals surface area contributed by atoms with Gasteiger partial charge in [0.05, 0.1) is 5.92 Å². The molecule has 0 saturated carbocycles. The van der Waals surface area contributed by atoms with E-state index < -0.39 is 22.1 Å². The molecule has 0 spiro atoms. The molecule has 1 saturated heterocycles. The molecule has 0 bridgehead atoms. The summed E-state index contributed by atoms with van der Waals surface area (Å²) in [5, 5.41) is 8.91. The standard InChI is InChI=1S/C13H26N2O4S/c1-3-4-5-6-11(2)14-20(18,19)15-9-7-12(8-10-15)13(16)17/h11-12,14H,3-10H2,1-2H3,(H,16,17). The number of nitrogens with zero attached hydrogens (tertiary/aromatic N) is 1. The first-order valence-corrected chi connectivity index (χ1v) is 8.81. The van der Waals surface area contributed by atoms with Gasteiger partial charge in [-0.1, -0.05) is 26.2 Å². The van der Waals surface area contributed by atoms with Crippen LogP contribution >= 0.6 is 0 Å². The number of nitrogens with one attached hydrogen (secondary N) is 1. The van der Waals surface area contributed by atoms with Gasteiger partial charge in [0, 0.05) is 19.1 Å². The topological polar surface area (TPSA) is 86.7 Å². The van der Waals surface area contributed by atoms with Crippen LogP contribution in [0.5, 0.6) is 0 Å². The molecule has 1 fully saturated rings. The van der Waals surface area contributed by atoms with Gasteiger partial charge < -0.3 is 5.11 Å². The fourth-order valence-electron chi connectivity index (χ4n) is 2.43. The lowest BCUT2D eigenvalue weighted by molar-refractivity contribution is -0.142. The van der Waals surface area contributed by atoms with Crippen LogP contribution in [0.2, 0.25) is 0 Å². The zero-order valence-corrected chi connectivity index (χ0v) is 13.2. The van der Waals surface area contributed by atoms with Gasteiger partial charge in [-0.2, -0.15) is 17.4 Å². The van der Waals surface area contributed by atoms with E-state index in [2.05, 4.69) is 11.6 Å². The van der Waals surface area contributed by atoms with Crippen molar-refractivity contribution >= 4 is 16.2 Å². The highest BCUT2D eigenvalue weighted by Gasteiger charge is 2.31. The van der Waals surface area contributed by atoms with Gasteiger partial charge in [-0.15, -0.1) is 0 Å². The molecule has 1 rings (SSSR count). The van der Waals surface area contributed by atoms with Gasteiger partial charge in [0.15, 0.2) is 0 Å². The van der Waals surface area contributed by atoms with E-state index in [1.54, 1.807) is 0 Å². The largest absolute Gasteiger partial charge is 0.481 e. The Hall–Kier alpha value is -0.660. The molecule has 1 unspecified atom stereocenters. The first-order valence-electron chi connectivity index (χ1n) is 7.37. The van der Waals surface area contributed by atoms with Crippen LogP contribution in [0.4, 0.5) is 0 Å². The van der Waals surface area contributed by atoms with E-state index in [1.807, 2.05) is 6.92 Å². The number of hydrogen-bond acceptors (Lipinski definition) is 3. The number of carboxylic acids is 1. The molecular weight excluding hydrogens is 280 g/mol. The van der Waals surface area contributed by atoms with Gasteiger partial charge in [0.1, 0.15) is 0 Å². The Kier molecular flexibility index (Phi) is 6.91. The monoisotopic (exact) mass is 306 g/mol. The van der Waals surface area contributed by atoms with E-state index in [0.717, 1.165) is 25.7 Å². The molecule has 0 aromatic heterocycles. The zero-order valence-electron chi connectivity index (χ0n) is 12.3. The third kappa shape index (κ3) is 5.38. The number of carbonyl (C=O) groups is 1. The lowest BCUT2D eigenvalue weighted by atomic mass is 9.99. The lowest BCUT2D eigenvalue weighted by Crippen LogP contribution is -2.48. The minimum absolute atomic E-state index is 0.0799. The molecule has 0 aromatic carbocycles. The molecule has 0 aromatic rings. The molecule has 0 radical (unpaired) electrons. The van der Waals surface area contributed by atoms with Crippen LogP contribution in [-0.2, 0) is 15.0 Å². The Balaban J connectivity index is 2.43. The third-order valence-corrected chi connectivity index (χ3v) is 5.48. The molecular formula is C13H26N2O4S. The quantitative estimate of drug-likeness (QED) is 0.667. The second kappa shape index (κ2) is 7.95. The van der Waals surface area contributed by atoms with Crippen molar-refractivity contribution in [2.75, 3.05) is 13.1 Å². The number of unbranched alkanes of at least 4 members (excludes halogenated alkanes) is 2. The van der Waals surface area contributed by atoms with Gasteiger partial charge in [-0.3, -0.25) is 4.79 Å². The molecule has 1 aliphatic heterocycles. The van der Waals surface area contributed by atoms with Crippen LogP contribution in [0.25, 0.3) is 0 Å². The van der Waals surface area contributed by atoms with Crippen LogP contribution in [0.3, 0.4) is 0 Å². The van der Waals surface area contributed by atoms with Crippen LogP contribution in [-0.4, -0.2) is 42.9 Å². The van der Waals surface area contributed by atoms with Crippen molar-refractivity contribution in [2.45, 2.75) is 58.4 Å². The SMILES string of the molecule is CCCCCC(C)NS(=O)(=O)N1CCC(C(=O)O)CC1. The molecule has 7 heteroatoms. The Morgan fingerprint density at radius 2 is 1.95 bits per heavy atom. The molecule has 1 heterocycles. The molecule has 6 nitrogen and oxygen atoms in total. The summed E-state index contributed by atoms with van der Waals surface area (Å²) in [5.74, 6) is -1.24. The Morgan fingerprint density at radius 1 is 1.35 bits per heavy atom. The number of aliphatic carboxylic acids is 1. The average molecular weight is 306 g/mol.